The van der Waals surface area contributed by atoms with Gasteiger partial charge in [-0.25, -0.2) is 4.98 Å². The van der Waals surface area contributed by atoms with Gasteiger partial charge in [-0.15, -0.1) is 0 Å². The lowest BCUT2D eigenvalue weighted by Gasteiger charge is -2.03. The van der Waals surface area contributed by atoms with Crippen molar-refractivity contribution in [2.75, 3.05) is 0 Å². The highest BCUT2D eigenvalue weighted by molar-refractivity contribution is 9.10. The van der Waals surface area contributed by atoms with Crippen molar-refractivity contribution in [3.8, 4) is 11.3 Å². The van der Waals surface area contributed by atoms with Gasteiger partial charge in [-0.2, -0.15) is 0 Å². The number of aryl methyl sites for hydroxylation is 1. The number of nitrogens with zero attached hydrogens (tertiary/aromatic N) is 2. The van der Waals surface area contributed by atoms with Crippen molar-refractivity contribution >= 4 is 15.9 Å². The second-order valence-electron chi connectivity index (χ2n) is 2.62. The van der Waals surface area contributed by atoms with E-state index < -0.39 is 18.7 Å². The first-order valence-electron chi connectivity index (χ1n) is 6.41. The Morgan fingerprint density at radius 3 is 3.00 bits per heavy atom. The van der Waals surface area contributed by atoms with E-state index in [9.17, 15) is 0 Å². The average Bonchev–Trinajstić information content (AvgIpc) is 2.29. The maximum atomic E-state index is 7.75. The fraction of sp³-hybridized carbons (Fsp3) is 0.0909. The van der Waals surface area contributed by atoms with Gasteiger partial charge in [-0.3, -0.25) is 4.98 Å². The fourth-order valence-electron chi connectivity index (χ4n) is 1.07. The molecular formula is C11H9BrN2. The first-order chi connectivity index (χ1) is 8.80. The minimum Gasteiger partial charge on any atom is -0.261 e. The Hall–Kier alpha value is -1.22. The van der Waals surface area contributed by atoms with Crippen molar-refractivity contribution in [2.24, 2.45) is 0 Å². The van der Waals surface area contributed by atoms with Gasteiger partial charge in [0.05, 0.1) is 20.3 Å². The molecule has 14 heavy (non-hydrogen) atoms. The summed E-state index contributed by atoms with van der Waals surface area (Å²) in [5.74, 6) is 0. The normalized spacial score (nSPS) is 16.2. The van der Waals surface area contributed by atoms with Crippen molar-refractivity contribution < 1.29 is 6.85 Å². The van der Waals surface area contributed by atoms with Crippen LogP contribution in [0.1, 0.15) is 12.5 Å². The summed E-state index contributed by atoms with van der Waals surface area (Å²) in [6.07, 6.45) is -0.703. The Kier molecular flexibility index (Phi) is 1.39. The van der Waals surface area contributed by atoms with E-state index in [0.29, 0.717) is 10.0 Å². The molecule has 0 aliphatic rings. The Bertz CT molecular complexity index is 627. The maximum absolute atomic E-state index is 7.75. The van der Waals surface area contributed by atoms with Gasteiger partial charge in [0.25, 0.3) is 0 Å². The van der Waals surface area contributed by atoms with E-state index in [-0.39, 0.29) is 11.9 Å². The van der Waals surface area contributed by atoms with Crippen LogP contribution in [-0.4, -0.2) is 9.97 Å². The first kappa shape index (κ1) is 5.03. The van der Waals surface area contributed by atoms with Gasteiger partial charge in [0, 0.05) is 20.3 Å². The third-order valence-corrected chi connectivity index (χ3v) is 2.37. The van der Waals surface area contributed by atoms with Crippen LogP contribution in [0.4, 0.5) is 0 Å². The molecule has 1 aromatic heterocycles. The van der Waals surface area contributed by atoms with Crippen molar-refractivity contribution in [3.63, 3.8) is 0 Å². The van der Waals surface area contributed by atoms with Crippen LogP contribution in [0.2, 0.25) is 0 Å². The van der Waals surface area contributed by atoms with Crippen LogP contribution in [0.5, 0.6) is 0 Å². The Morgan fingerprint density at radius 1 is 1.36 bits per heavy atom. The summed E-state index contributed by atoms with van der Waals surface area (Å²) in [5.41, 5.74) is 0.328. The average molecular weight is 254 g/mol. The molecule has 0 atom stereocenters. The SMILES string of the molecule is [2H]c1nc([2H])c(C([2H])([2H])[2H])nc1-c1ccccc1Br. The Labute approximate surface area is 98.2 Å². The molecule has 2 nitrogen and oxygen atoms in total. The van der Waals surface area contributed by atoms with Gasteiger partial charge in [-0.1, -0.05) is 34.1 Å². The number of benzene rings is 1. The van der Waals surface area contributed by atoms with E-state index in [2.05, 4.69) is 25.9 Å². The van der Waals surface area contributed by atoms with E-state index in [1.165, 1.54) is 0 Å². The molecule has 2 rings (SSSR count). The van der Waals surface area contributed by atoms with E-state index in [0.717, 1.165) is 0 Å². The minimum atomic E-state index is -2.52. The van der Waals surface area contributed by atoms with Gasteiger partial charge in [-0.05, 0) is 12.9 Å². The quantitative estimate of drug-likeness (QED) is 0.780. The van der Waals surface area contributed by atoms with Gasteiger partial charge in [0.1, 0.15) is 0 Å². The summed E-state index contributed by atoms with van der Waals surface area (Å²) in [4.78, 5) is 7.59. The maximum Gasteiger partial charge on any atom is 0.0899 e. The third kappa shape index (κ3) is 1.82. The molecule has 0 unspecified atom stereocenters. The molecule has 0 radical (unpaired) electrons. The number of aromatic nitrogens is 2. The summed E-state index contributed by atoms with van der Waals surface area (Å²) < 4.78 is 38.0. The monoisotopic (exact) mass is 253 g/mol. The lowest BCUT2D eigenvalue weighted by molar-refractivity contribution is 1.12. The molecule has 0 fully saturated rings. The number of halogens is 1. The minimum absolute atomic E-state index is 0.148. The van der Waals surface area contributed by atoms with E-state index >= 15 is 0 Å². The molecule has 0 bridgehead atoms. The zero-order valence-electron chi connectivity index (χ0n) is 12.1. The molecule has 0 aliphatic heterocycles. The summed E-state index contributed by atoms with van der Waals surface area (Å²) in [6, 6.07) is 7.03. The van der Waals surface area contributed by atoms with Crippen molar-refractivity contribution in [2.45, 2.75) is 6.85 Å². The predicted octanol–water partition coefficient (Wildman–Crippen LogP) is 3.21. The highest BCUT2D eigenvalue weighted by atomic mass is 79.9. The molecule has 0 spiro atoms. The molecule has 0 saturated carbocycles. The molecule has 2 aromatic rings. The highest BCUT2D eigenvalue weighted by Gasteiger charge is 2.03. The van der Waals surface area contributed by atoms with Crippen LogP contribution < -0.4 is 0 Å². The van der Waals surface area contributed by atoms with Crippen molar-refractivity contribution in [3.05, 3.63) is 46.8 Å². The third-order valence-electron chi connectivity index (χ3n) is 1.68. The lowest BCUT2D eigenvalue weighted by atomic mass is 10.2. The molecule has 0 aliphatic carbocycles. The van der Waals surface area contributed by atoms with Gasteiger partial charge in [0.2, 0.25) is 0 Å². The number of hydrogen-bond donors (Lipinski definition) is 0. The smallest absolute Gasteiger partial charge is 0.0899 e. The molecule has 70 valence electrons. The standard InChI is InChI=1S/C11H9BrN2/c1-8-6-13-7-11(14-8)9-4-2-3-5-10(9)12/h2-7H,1H3/i1D3,6D,7D. The van der Waals surface area contributed by atoms with E-state index in [1.54, 1.807) is 24.3 Å². The Balaban J connectivity index is 2.69. The zero-order valence-corrected chi connectivity index (χ0v) is 8.67. The molecule has 0 amide bonds. The van der Waals surface area contributed by atoms with Gasteiger partial charge >= 0.3 is 0 Å². The van der Waals surface area contributed by atoms with Crippen LogP contribution in [0.3, 0.4) is 0 Å². The fourth-order valence-corrected chi connectivity index (χ4v) is 1.54. The molecule has 3 heteroatoms. The first-order valence-corrected chi connectivity index (χ1v) is 4.70. The molecule has 1 heterocycles. The lowest BCUT2D eigenvalue weighted by Crippen LogP contribution is -1.89. The molecule has 0 saturated heterocycles. The van der Waals surface area contributed by atoms with Gasteiger partial charge in [0.15, 0.2) is 0 Å². The molecule has 0 N–H and O–H groups in total. The zero-order chi connectivity index (χ0) is 14.2. The van der Waals surface area contributed by atoms with Crippen molar-refractivity contribution in [1.82, 2.24) is 9.97 Å². The van der Waals surface area contributed by atoms with Crippen LogP contribution >= 0.6 is 15.9 Å². The number of hydrogen-bond acceptors (Lipinski definition) is 2. The van der Waals surface area contributed by atoms with Crippen LogP contribution in [0, 0.1) is 6.85 Å². The summed E-state index contributed by atoms with van der Waals surface area (Å²) >= 11 is 3.32. The predicted molar refractivity (Wildman–Crippen MR) is 59.9 cm³/mol. The van der Waals surface area contributed by atoms with Crippen molar-refractivity contribution in [1.29, 1.82) is 0 Å². The molecule has 1 aromatic carbocycles. The summed E-state index contributed by atoms with van der Waals surface area (Å²) in [5, 5.41) is 0. The summed E-state index contributed by atoms with van der Waals surface area (Å²) in [7, 11) is 0. The van der Waals surface area contributed by atoms with Crippen LogP contribution in [-0.2, 0) is 0 Å². The molecular weight excluding hydrogens is 240 g/mol. The second-order valence-corrected chi connectivity index (χ2v) is 3.48. The van der Waals surface area contributed by atoms with Crippen LogP contribution in [0.25, 0.3) is 11.3 Å². The Morgan fingerprint density at radius 2 is 2.21 bits per heavy atom. The van der Waals surface area contributed by atoms with E-state index in [1.807, 2.05) is 0 Å². The summed E-state index contributed by atoms with van der Waals surface area (Å²) in [6.45, 7) is -2.52. The largest absolute Gasteiger partial charge is 0.261 e. The topological polar surface area (TPSA) is 25.8 Å². The number of rotatable bonds is 1. The van der Waals surface area contributed by atoms with E-state index in [4.69, 9.17) is 6.85 Å². The van der Waals surface area contributed by atoms with Gasteiger partial charge < -0.3 is 0 Å². The van der Waals surface area contributed by atoms with Crippen LogP contribution in [0.15, 0.2) is 41.1 Å². The second kappa shape index (κ2) is 3.88. The highest BCUT2D eigenvalue weighted by Crippen LogP contribution is 2.25.